The van der Waals surface area contributed by atoms with Crippen LogP contribution in [0, 0.1) is 0 Å². The normalized spacial score (nSPS) is 11.4. The molecule has 0 saturated heterocycles. The SMILES string of the molecule is COc1cc(-c2cnc3cc(-c4cnccc4C(N)=O)ccn23)cc(OC)c1C(=O)NCC(F)(F)F. The molecule has 3 N–H and O–H groups in total. The highest BCUT2D eigenvalue weighted by atomic mass is 19.4. The number of carbonyl (C=O) groups is 2. The minimum absolute atomic E-state index is 0.0251. The lowest BCUT2D eigenvalue weighted by atomic mass is 10.0. The number of hydrogen-bond acceptors (Lipinski definition) is 6. The first kappa shape index (κ1) is 24.5. The molecule has 2 amide bonds. The smallest absolute Gasteiger partial charge is 0.405 e. The van der Waals surface area contributed by atoms with Gasteiger partial charge in [-0.3, -0.25) is 19.0 Å². The summed E-state index contributed by atoms with van der Waals surface area (Å²) in [4.78, 5) is 32.8. The van der Waals surface area contributed by atoms with Crippen molar-refractivity contribution < 1.29 is 32.2 Å². The molecule has 0 radical (unpaired) electrons. The van der Waals surface area contributed by atoms with Crippen LogP contribution in [0.15, 0.2) is 55.1 Å². The predicted molar refractivity (Wildman–Crippen MR) is 124 cm³/mol. The quantitative estimate of drug-likeness (QED) is 0.402. The number of nitrogens with one attached hydrogen (secondary N) is 1. The number of nitrogens with zero attached hydrogens (tertiary/aromatic N) is 3. The summed E-state index contributed by atoms with van der Waals surface area (Å²) in [5, 5.41) is 1.83. The molecule has 4 rings (SSSR count). The van der Waals surface area contributed by atoms with Gasteiger partial charge in [-0.05, 0) is 35.9 Å². The molecule has 9 nitrogen and oxygen atoms in total. The molecular weight excluding hydrogens is 479 g/mol. The van der Waals surface area contributed by atoms with Gasteiger partial charge in [0.05, 0.1) is 26.1 Å². The Hall–Kier alpha value is -4.61. The summed E-state index contributed by atoms with van der Waals surface area (Å²) in [6.07, 6.45) is 1.75. The van der Waals surface area contributed by atoms with E-state index in [1.54, 1.807) is 28.9 Å². The summed E-state index contributed by atoms with van der Waals surface area (Å²) >= 11 is 0. The molecule has 0 atom stereocenters. The molecule has 0 fully saturated rings. The Morgan fingerprint density at radius 1 is 1.06 bits per heavy atom. The first-order valence-electron chi connectivity index (χ1n) is 10.5. The number of alkyl halides is 3. The van der Waals surface area contributed by atoms with E-state index in [1.807, 2.05) is 5.32 Å². The van der Waals surface area contributed by atoms with Crippen molar-refractivity contribution in [2.45, 2.75) is 6.18 Å². The third-order valence-electron chi connectivity index (χ3n) is 5.39. The Kier molecular flexibility index (Phi) is 6.51. The van der Waals surface area contributed by atoms with Crippen molar-refractivity contribution in [3.8, 4) is 33.9 Å². The Morgan fingerprint density at radius 3 is 2.36 bits per heavy atom. The topological polar surface area (TPSA) is 121 Å². The summed E-state index contributed by atoms with van der Waals surface area (Å²) in [6, 6.07) is 8.06. The van der Waals surface area contributed by atoms with E-state index in [-0.39, 0.29) is 17.1 Å². The predicted octanol–water partition coefficient (Wildman–Crippen LogP) is 3.47. The van der Waals surface area contributed by atoms with Gasteiger partial charge < -0.3 is 20.5 Å². The standard InChI is InChI=1S/C24H20F3N5O4/c1-35-18-7-14(8-19(36-2)21(18)23(34)31-12-24(25,26)27)17-11-30-20-9-13(4-6-32(17)20)16-10-29-5-3-15(16)22(28)33/h3-11H,12H2,1-2H3,(H2,28,33)(H,31,34). The fourth-order valence-electron chi connectivity index (χ4n) is 3.75. The van der Waals surface area contributed by atoms with Gasteiger partial charge in [-0.1, -0.05) is 0 Å². The van der Waals surface area contributed by atoms with Crippen LogP contribution in [0.2, 0.25) is 0 Å². The van der Waals surface area contributed by atoms with Crippen molar-refractivity contribution in [1.29, 1.82) is 0 Å². The fourth-order valence-corrected chi connectivity index (χ4v) is 3.75. The number of carbonyl (C=O) groups excluding carboxylic acids is 2. The Bertz CT molecular complexity index is 1440. The summed E-state index contributed by atoms with van der Waals surface area (Å²) in [6.45, 7) is -1.50. The van der Waals surface area contributed by atoms with Crippen molar-refractivity contribution in [1.82, 2.24) is 19.7 Å². The Morgan fingerprint density at radius 2 is 1.75 bits per heavy atom. The number of primary amides is 1. The summed E-state index contributed by atoms with van der Waals surface area (Å²) < 4.78 is 50.1. The molecule has 186 valence electrons. The van der Waals surface area contributed by atoms with E-state index in [0.717, 1.165) is 0 Å². The van der Waals surface area contributed by atoms with Gasteiger partial charge in [0, 0.05) is 35.3 Å². The zero-order valence-electron chi connectivity index (χ0n) is 19.1. The highest BCUT2D eigenvalue weighted by Crippen LogP contribution is 2.36. The van der Waals surface area contributed by atoms with Gasteiger partial charge in [0.2, 0.25) is 5.91 Å². The zero-order chi connectivity index (χ0) is 26.0. The summed E-state index contributed by atoms with van der Waals surface area (Å²) in [5.41, 5.74) is 8.52. The molecule has 0 saturated carbocycles. The first-order valence-corrected chi connectivity index (χ1v) is 10.5. The molecule has 0 spiro atoms. The van der Waals surface area contributed by atoms with Crippen molar-refractivity contribution in [2.75, 3.05) is 20.8 Å². The van der Waals surface area contributed by atoms with E-state index >= 15 is 0 Å². The Labute approximate surface area is 202 Å². The molecule has 0 bridgehead atoms. The van der Waals surface area contributed by atoms with Crippen molar-refractivity contribution >= 4 is 17.5 Å². The molecule has 0 unspecified atom stereocenters. The number of rotatable bonds is 7. The van der Waals surface area contributed by atoms with Crippen LogP contribution >= 0.6 is 0 Å². The van der Waals surface area contributed by atoms with E-state index in [0.29, 0.717) is 33.6 Å². The van der Waals surface area contributed by atoms with E-state index in [2.05, 4.69) is 9.97 Å². The lowest BCUT2D eigenvalue weighted by Gasteiger charge is -2.16. The maximum Gasteiger partial charge on any atom is 0.405 e. The fraction of sp³-hybridized carbons (Fsp3) is 0.167. The monoisotopic (exact) mass is 499 g/mol. The lowest BCUT2D eigenvalue weighted by Crippen LogP contribution is -2.34. The number of ether oxygens (including phenoxy) is 2. The molecule has 0 aliphatic rings. The number of pyridine rings is 2. The zero-order valence-corrected chi connectivity index (χ0v) is 19.1. The van der Waals surface area contributed by atoms with Gasteiger partial charge in [0.1, 0.15) is 29.3 Å². The number of aromatic nitrogens is 3. The maximum atomic E-state index is 12.6. The molecular formula is C24H20F3N5O4. The summed E-state index contributed by atoms with van der Waals surface area (Å²) in [7, 11) is 2.59. The molecule has 1 aromatic carbocycles. The van der Waals surface area contributed by atoms with Crippen molar-refractivity contribution in [3.63, 3.8) is 0 Å². The van der Waals surface area contributed by atoms with Crippen LogP contribution in [0.25, 0.3) is 28.0 Å². The number of nitrogens with two attached hydrogens (primary N) is 1. The van der Waals surface area contributed by atoms with Crippen molar-refractivity contribution in [2.24, 2.45) is 5.73 Å². The van der Waals surface area contributed by atoms with E-state index in [9.17, 15) is 22.8 Å². The minimum atomic E-state index is -4.57. The third-order valence-corrected chi connectivity index (χ3v) is 5.39. The lowest BCUT2D eigenvalue weighted by molar-refractivity contribution is -0.123. The average molecular weight is 499 g/mol. The van der Waals surface area contributed by atoms with Gasteiger partial charge in [-0.25, -0.2) is 4.98 Å². The summed E-state index contributed by atoms with van der Waals surface area (Å²) in [5.74, 6) is -1.53. The van der Waals surface area contributed by atoms with Crippen LogP contribution in [0.1, 0.15) is 20.7 Å². The molecule has 3 aromatic heterocycles. The molecule has 36 heavy (non-hydrogen) atoms. The van der Waals surface area contributed by atoms with Crippen molar-refractivity contribution in [3.05, 3.63) is 66.2 Å². The average Bonchev–Trinajstić information content (AvgIpc) is 3.29. The number of halogens is 3. The van der Waals surface area contributed by atoms with Crippen LogP contribution in [0.5, 0.6) is 11.5 Å². The highest BCUT2D eigenvalue weighted by molar-refractivity contribution is 6.01. The Balaban J connectivity index is 1.76. The largest absolute Gasteiger partial charge is 0.496 e. The molecule has 12 heteroatoms. The number of methoxy groups -OCH3 is 2. The van der Waals surface area contributed by atoms with Gasteiger partial charge in [0.25, 0.3) is 5.91 Å². The van der Waals surface area contributed by atoms with Crippen LogP contribution in [0.4, 0.5) is 13.2 Å². The van der Waals surface area contributed by atoms with E-state index in [4.69, 9.17) is 15.2 Å². The number of benzene rings is 1. The minimum Gasteiger partial charge on any atom is -0.496 e. The van der Waals surface area contributed by atoms with Crippen LogP contribution in [-0.2, 0) is 0 Å². The second-order valence-electron chi connectivity index (χ2n) is 7.63. The van der Waals surface area contributed by atoms with Gasteiger partial charge in [-0.15, -0.1) is 0 Å². The van der Waals surface area contributed by atoms with Gasteiger partial charge in [0.15, 0.2) is 0 Å². The van der Waals surface area contributed by atoms with Crippen LogP contribution < -0.4 is 20.5 Å². The van der Waals surface area contributed by atoms with Gasteiger partial charge in [-0.2, -0.15) is 13.2 Å². The van der Waals surface area contributed by atoms with Crippen LogP contribution in [-0.4, -0.2) is 53.1 Å². The second-order valence-corrected chi connectivity index (χ2v) is 7.63. The molecule has 0 aliphatic carbocycles. The van der Waals surface area contributed by atoms with E-state index in [1.165, 1.54) is 44.8 Å². The second kappa shape index (κ2) is 9.56. The number of fused-ring (bicyclic) bond motifs is 1. The highest BCUT2D eigenvalue weighted by Gasteiger charge is 2.30. The molecule has 0 aliphatic heterocycles. The maximum absolute atomic E-state index is 12.6. The first-order chi connectivity index (χ1) is 17.1. The van der Waals surface area contributed by atoms with E-state index < -0.39 is 24.5 Å². The molecule has 4 aromatic rings. The number of hydrogen-bond donors (Lipinski definition) is 2. The number of imidazole rings is 1. The number of amides is 2. The third kappa shape index (κ3) is 4.78. The molecule has 3 heterocycles. The van der Waals surface area contributed by atoms with Crippen LogP contribution in [0.3, 0.4) is 0 Å². The van der Waals surface area contributed by atoms with Gasteiger partial charge >= 0.3 is 6.18 Å².